The number of piperidine rings is 1. The average Bonchev–Trinajstić information content (AvgIpc) is 2.61. The normalized spacial score (nSPS) is 22.2. The maximum absolute atomic E-state index is 13.0. The summed E-state index contributed by atoms with van der Waals surface area (Å²) in [5.74, 6) is -0.463. The van der Waals surface area contributed by atoms with Crippen molar-refractivity contribution in [2.75, 3.05) is 11.4 Å². The number of ether oxygens (including phenoxy) is 1. The quantitative estimate of drug-likeness (QED) is 0.611. The summed E-state index contributed by atoms with van der Waals surface area (Å²) in [7, 11) is 0. The van der Waals surface area contributed by atoms with E-state index in [-0.39, 0.29) is 17.8 Å². The van der Waals surface area contributed by atoms with E-state index in [0.717, 1.165) is 4.90 Å². The lowest BCUT2D eigenvalue weighted by Gasteiger charge is -2.46. The van der Waals surface area contributed by atoms with Crippen LogP contribution >= 0.6 is 0 Å². The molecule has 2 saturated heterocycles. The van der Waals surface area contributed by atoms with Gasteiger partial charge in [-0.1, -0.05) is 6.07 Å². The first-order valence-electron chi connectivity index (χ1n) is 9.44. The van der Waals surface area contributed by atoms with Crippen LogP contribution in [0, 0.1) is 10.1 Å². The molecule has 29 heavy (non-hydrogen) atoms. The van der Waals surface area contributed by atoms with Crippen LogP contribution in [0.4, 0.5) is 21.0 Å². The van der Waals surface area contributed by atoms with Crippen LogP contribution in [-0.4, -0.2) is 52.1 Å². The number of anilines is 1. The van der Waals surface area contributed by atoms with Crippen molar-refractivity contribution < 1.29 is 24.0 Å². The molecule has 0 radical (unpaired) electrons. The van der Waals surface area contributed by atoms with Gasteiger partial charge in [-0.05, 0) is 39.7 Å². The van der Waals surface area contributed by atoms with Crippen molar-refractivity contribution >= 4 is 29.4 Å². The molecular weight excluding hydrogens is 380 g/mol. The van der Waals surface area contributed by atoms with Gasteiger partial charge < -0.3 is 15.0 Å². The molecule has 0 bridgehead atoms. The first-order chi connectivity index (χ1) is 13.6. The molecule has 0 aliphatic carbocycles. The van der Waals surface area contributed by atoms with Gasteiger partial charge in [0.1, 0.15) is 5.60 Å². The first-order valence-corrected chi connectivity index (χ1v) is 9.44. The smallest absolute Gasteiger partial charge is 0.407 e. The third-order valence-electron chi connectivity index (χ3n) is 4.85. The Kier molecular flexibility index (Phi) is 5.45. The Hall–Kier alpha value is -3.17. The number of nitro groups is 1. The van der Waals surface area contributed by atoms with Crippen LogP contribution in [0.25, 0.3) is 0 Å². The maximum Gasteiger partial charge on any atom is 0.407 e. The van der Waals surface area contributed by atoms with Crippen LogP contribution in [0.3, 0.4) is 0 Å². The zero-order chi connectivity index (χ0) is 21.3. The number of rotatable bonds is 3. The maximum atomic E-state index is 13.0. The number of nitrogens with one attached hydrogen (secondary N) is 1. The number of carbonyl (C=O) groups is 3. The fraction of sp³-hybridized carbons (Fsp3) is 0.526. The molecule has 2 aliphatic heterocycles. The molecule has 3 rings (SSSR count). The van der Waals surface area contributed by atoms with Crippen molar-refractivity contribution in [2.24, 2.45) is 0 Å². The molecule has 1 N–H and O–H groups in total. The van der Waals surface area contributed by atoms with Gasteiger partial charge in [0.2, 0.25) is 5.91 Å². The van der Waals surface area contributed by atoms with Crippen LogP contribution in [0.2, 0.25) is 0 Å². The van der Waals surface area contributed by atoms with Crippen molar-refractivity contribution in [1.29, 1.82) is 0 Å². The Balaban J connectivity index is 1.79. The number of urea groups is 1. The fourth-order valence-electron chi connectivity index (χ4n) is 3.68. The summed E-state index contributed by atoms with van der Waals surface area (Å²) >= 11 is 0. The Labute approximate surface area is 167 Å². The second kappa shape index (κ2) is 7.69. The van der Waals surface area contributed by atoms with Crippen molar-refractivity contribution in [3.63, 3.8) is 0 Å². The number of benzene rings is 1. The molecule has 2 fully saturated rings. The van der Waals surface area contributed by atoms with E-state index in [1.165, 1.54) is 24.3 Å². The highest BCUT2D eigenvalue weighted by Crippen LogP contribution is 2.31. The molecular formula is C19H24N4O6. The van der Waals surface area contributed by atoms with Gasteiger partial charge in [-0.3, -0.25) is 14.9 Å². The highest BCUT2D eigenvalue weighted by atomic mass is 16.6. The summed E-state index contributed by atoms with van der Waals surface area (Å²) in [6.07, 6.45) is 0.692. The minimum atomic E-state index is -0.657. The molecule has 0 saturated carbocycles. The Morgan fingerprint density at radius 1 is 1.31 bits per heavy atom. The lowest BCUT2D eigenvalue weighted by molar-refractivity contribution is -0.384. The predicted octanol–water partition coefficient (Wildman–Crippen LogP) is 2.81. The van der Waals surface area contributed by atoms with Gasteiger partial charge in [0, 0.05) is 18.7 Å². The number of imide groups is 1. The van der Waals surface area contributed by atoms with Gasteiger partial charge in [-0.15, -0.1) is 0 Å². The monoisotopic (exact) mass is 404 g/mol. The topological polar surface area (TPSA) is 122 Å². The summed E-state index contributed by atoms with van der Waals surface area (Å²) in [6, 6.07) is 4.00. The van der Waals surface area contributed by atoms with Crippen LogP contribution in [0.15, 0.2) is 24.3 Å². The summed E-state index contributed by atoms with van der Waals surface area (Å²) in [6.45, 7) is 5.70. The summed E-state index contributed by atoms with van der Waals surface area (Å²) in [4.78, 5) is 50.9. The van der Waals surface area contributed by atoms with Crippen LogP contribution in [0.1, 0.15) is 40.0 Å². The predicted molar refractivity (Wildman–Crippen MR) is 103 cm³/mol. The van der Waals surface area contributed by atoms with Crippen LogP contribution < -0.4 is 10.2 Å². The van der Waals surface area contributed by atoms with E-state index >= 15 is 0 Å². The number of amides is 4. The van der Waals surface area contributed by atoms with Gasteiger partial charge in [0.25, 0.3) is 5.69 Å². The molecule has 1 aromatic carbocycles. The molecule has 0 spiro atoms. The van der Waals surface area contributed by atoms with Gasteiger partial charge in [0.15, 0.2) is 0 Å². The number of non-ortho nitro benzene ring substituents is 1. The first kappa shape index (κ1) is 20.6. The van der Waals surface area contributed by atoms with Crippen LogP contribution in [0.5, 0.6) is 0 Å². The molecule has 2 heterocycles. The third kappa shape index (κ3) is 4.47. The van der Waals surface area contributed by atoms with E-state index in [1.54, 1.807) is 25.7 Å². The molecule has 2 aliphatic rings. The molecule has 4 amide bonds. The van der Waals surface area contributed by atoms with Gasteiger partial charge >= 0.3 is 12.1 Å². The largest absolute Gasteiger partial charge is 0.444 e. The molecule has 156 valence electrons. The van der Waals surface area contributed by atoms with Crippen molar-refractivity contribution in [1.82, 2.24) is 10.2 Å². The van der Waals surface area contributed by atoms with E-state index in [4.69, 9.17) is 4.74 Å². The number of nitrogens with zero attached hydrogens (tertiary/aromatic N) is 3. The highest BCUT2D eigenvalue weighted by Gasteiger charge is 2.45. The minimum absolute atomic E-state index is 0.00883. The number of hydrogen-bond donors (Lipinski definition) is 1. The number of nitro benzene ring substituents is 1. The minimum Gasteiger partial charge on any atom is -0.444 e. The summed E-state index contributed by atoms with van der Waals surface area (Å²) < 4.78 is 5.29. The molecule has 0 aromatic heterocycles. The number of alkyl carbamates (subject to hydrolysis) is 1. The van der Waals surface area contributed by atoms with E-state index in [9.17, 15) is 24.5 Å². The highest BCUT2D eigenvalue weighted by molar-refractivity contribution is 6.16. The van der Waals surface area contributed by atoms with Gasteiger partial charge in [0.05, 0.1) is 29.1 Å². The van der Waals surface area contributed by atoms with Gasteiger partial charge in [-0.2, -0.15) is 0 Å². The lowest BCUT2D eigenvalue weighted by atomic mass is 9.91. The number of carbonyl (C=O) groups excluding carboxylic acids is 3. The molecule has 1 aromatic rings. The Bertz CT molecular complexity index is 849. The molecule has 2 unspecified atom stereocenters. The Morgan fingerprint density at radius 2 is 2.03 bits per heavy atom. The zero-order valence-electron chi connectivity index (χ0n) is 16.6. The Morgan fingerprint density at radius 3 is 2.69 bits per heavy atom. The van der Waals surface area contributed by atoms with Crippen molar-refractivity contribution in [3.8, 4) is 0 Å². The molecule has 10 nitrogen and oxygen atoms in total. The lowest BCUT2D eigenvalue weighted by Crippen LogP contribution is -2.65. The van der Waals surface area contributed by atoms with Crippen LogP contribution in [-0.2, 0) is 9.53 Å². The van der Waals surface area contributed by atoms with E-state index in [2.05, 4.69) is 5.32 Å². The fourth-order valence-corrected chi connectivity index (χ4v) is 3.68. The van der Waals surface area contributed by atoms with Crippen molar-refractivity contribution in [2.45, 2.75) is 57.7 Å². The zero-order valence-corrected chi connectivity index (χ0v) is 16.6. The molecule has 2 atom stereocenters. The van der Waals surface area contributed by atoms with E-state index in [1.807, 2.05) is 0 Å². The van der Waals surface area contributed by atoms with E-state index < -0.39 is 40.6 Å². The summed E-state index contributed by atoms with van der Waals surface area (Å²) in [5, 5.41) is 13.8. The average molecular weight is 404 g/mol. The van der Waals surface area contributed by atoms with E-state index in [0.29, 0.717) is 19.4 Å². The molecule has 10 heteroatoms. The second-order valence-electron chi connectivity index (χ2n) is 8.15. The van der Waals surface area contributed by atoms with Crippen molar-refractivity contribution in [3.05, 3.63) is 34.4 Å². The second-order valence-corrected chi connectivity index (χ2v) is 8.15. The number of fused-ring (bicyclic) bond motifs is 1. The SMILES string of the molecule is CC(C)(C)OC(=O)NC1CCCN2C(=O)N(c3cccc([N+](=O)[O-])c3)C(=O)CC12. The van der Waals surface area contributed by atoms with Gasteiger partial charge in [-0.25, -0.2) is 14.5 Å². The standard InChI is InChI=1S/C19H24N4O6/c1-19(2,3)29-17(25)20-14-8-5-9-21-15(14)11-16(24)22(18(21)26)12-6-4-7-13(10-12)23(27)28/h4,6-7,10,14-15H,5,8-9,11H2,1-3H3,(H,20,25). The summed E-state index contributed by atoms with van der Waals surface area (Å²) in [5.41, 5.74) is -0.696. The number of hydrogen-bond acceptors (Lipinski definition) is 6. The third-order valence-corrected chi connectivity index (χ3v) is 4.85.